The van der Waals surface area contributed by atoms with Gasteiger partial charge in [-0.15, -0.1) is 0 Å². The highest BCUT2D eigenvalue weighted by atomic mass is 79.9. The monoisotopic (exact) mass is 301 g/mol. The minimum Gasteiger partial charge on any atom is -0.349 e. The molecule has 0 aliphatic rings. The van der Waals surface area contributed by atoms with Crippen molar-refractivity contribution < 1.29 is 9.18 Å². The van der Waals surface area contributed by atoms with Gasteiger partial charge < -0.3 is 5.32 Å². The Bertz CT molecular complexity index is 406. The lowest BCUT2D eigenvalue weighted by atomic mass is 10.0. The summed E-state index contributed by atoms with van der Waals surface area (Å²) < 4.78 is 14.2. The maximum Gasteiger partial charge on any atom is 0.254 e. The van der Waals surface area contributed by atoms with Crippen molar-refractivity contribution >= 4 is 21.8 Å². The van der Waals surface area contributed by atoms with Gasteiger partial charge in [-0.3, -0.25) is 4.79 Å². The number of amides is 1. The molecule has 1 rings (SSSR count). The number of benzene rings is 1. The number of hydrogen-bond donors (Lipinski definition) is 1. The summed E-state index contributed by atoms with van der Waals surface area (Å²) in [5.74, 6) is -0.521. The van der Waals surface area contributed by atoms with E-state index in [1.165, 1.54) is 12.1 Å². The van der Waals surface area contributed by atoms with Gasteiger partial charge in [0.1, 0.15) is 5.82 Å². The van der Waals surface area contributed by atoms with Crippen LogP contribution in [-0.2, 0) is 0 Å². The van der Waals surface area contributed by atoms with Gasteiger partial charge >= 0.3 is 0 Å². The molecule has 2 nitrogen and oxygen atoms in total. The zero-order valence-electron chi connectivity index (χ0n) is 10.3. The topological polar surface area (TPSA) is 29.1 Å². The van der Waals surface area contributed by atoms with Crippen LogP contribution in [0.25, 0.3) is 0 Å². The molecule has 0 spiro atoms. The molecule has 1 unspecified atom stereocenters. The number of halogens is 2. The Morgan fingerprint density at radius 2 is 2.12 bits per heavy atom. The summed E-state index contributed by atoms with van der Waals surface area (Å²) in [6, 6.07) is 4.43. The fourth-order valence-electron chi connectivity index (χ4n) is 1.66. The van der Waals surface area contributed by atoms with E-state index in [1.54, 1.807) is 6.07 Å². The Kier molecular flexibility index (Phi) is 5.12. The van der Waals surface area contributed by atoms with E-state index < -0.39 is 5.82 Å². The van der Waals surface area contributed by atoms with Crippen LogP contribution >= 0.6 is 15.9 Å². The van der Waals surface area contributed by atoms with Crippen LogP contribution in [0.5, 0.6) is 0 Å². The summed E-state index contributed by atoms with van der Waals surface area (Å²) in [6.07, 6.45) is 0.832. The lowest BCUT2D eigenvalue weighted by Gasteiger charge is -2.20. The maximum absolute atomic E-state index is 13.5. The van der Waals surface area contributed by atoms with E-state index in [2.05, 4.69) is 21.2 Å². The number of hydrogen-bond acceptors (Lipinski definition) is 1. The smallest absolute Gasteiger partial charge is 0.254 e. The lowest BCUT2D eigenvalue weighted by molar-refractivity contribution is 0.0920. The van der Waals surface area contributed by atoms with Crippen molar-refractivity contribution in [1.29, 1.82) is 0 Å². The largest absolute Gasteiger partial charge is 0.349 e. The van der Waals surface area contributed by atoms with E-state index in [9.17, 15) is 9.18 Å². The van der Waals surface area contributed by atoms with Crippen LogP contribution in [0.1, 0.15) is 37.6 Å². The third-order valence-corrected chi connectivity index (χ3v) is 3.23. The fourth-order valence-corrected chi connectivity index (χ4v) is 2.02. The zero-order chi connectivity index (χ0) is 13.0. The van der Waals surface area contributed by atoms with E-state index >= 15 is 0 Å². The Morgan fingerprint density at radius 3 is 2.65 bits per heavy atom. The second kappa shape index (κ2) is 6.15. The summed E-state index contributed by atoms with van der Waals surface area (Å²) in [7, 11) is 0. The molecule has 0 heterocycles. The molecule has 0 saturated heterocycles. The second-order valence-electron chi connectivity index (χ2n) is 4.36. The molecule has 1 aromatic carbocycles. The van der Waals surface area contributed by atoms with Crippen molar-refractivity contribution in [1.82, 2.24) is 5.32 Å². The molecule has 17 heavy (non-hydrogen) atoms. The van der Waals surface area contributed by atoms with Gasteiger partial charge in [0.2, 0.25) is 0 Å². The quantitative estimate of drug-likeness (QED) is 0.901. The van der Waals surface area contributed by atoms with Crippen molar-refractivity contribution in [2.24, 2.45) is 5.92 Å². The minimum absolute atomic E-state index is 0.0703. The predicted octanol–water partition coefficient (Wildman–Crippen LogP) is 3.75. The Morgan fingerprint density at radius 1 is 1.47 bits per heavy atom. The molecular formula is C13H17BrFNO. The molecule has 1 atom stereocenters. The van der Waals surface area contributed by atoms with Crippen LogP contribution in [0.3, 0.4) is 0 Å². The average Bonchev–Trinajstić information content (AvgIpc) is 2.28. The van der Waals surface area contributed by atoms with Crippen LogP contribution in [-0.4, -0.2) is 11.9 Å². The third-order valence-electron chi connectivity index (χ3n) is 2.73. The Balaban J connectivity index is 2.86. The van der Waals surface area contributed by atoms with E-state index in [1.807, 2.05) is 20.8 Å². The van der Waals surface area contributed by atoms with Gasteiger partial charge in [-0.1, -0.05) is 36.7 Å². The molecule has 0 aliphatic carbocycles. The van der Waals surface area contributed by atoms with Gasteiger partial charge in [-0.2, -0.15) is 0 Å². The molecule has 0 bridgehead atoms. The number of rotatable bonds is 4. The summed E-state index contributed by atoms with van der Waals surface area (Å²) in [5, 5.41) is 2.85. The molecule has 1 amide bonds. The van der Waals surface area contributed by atoms with Crippen LogP contribution in [0.15, 0.2) is 22.7 Å². The maximum atomic E-state index is 13.5. The van der Waals surface area contributed by atoms with E-state index in [0.29, 0.717) is 10.4 Å². The van der Waals surface area contributed by atoms with Crippen molar-refractivity contribution in [3.63, 3.8) is 0 Å². The first-order valence-electron chi connectivity index (χ1n) is 5.71. The van der Waals surface area contributed by atoms with Crippen molar-refractivity contribution in [3.05, 3.63) is 34.1 Å². The first kappa shape index (κ1) is 14.2. The lowest BCUT2D eigenvalue weighted by Crippen LogP contribution is -2.38. The number of carbonyl (C=O) groups is 1. The second-order valence-corrected chi connectivity index (χ2v) is 5.27. The van der Waals surface area contributed by atoms with Crippen LogP contribution < -0.4 is 5.32 Å². The SMILES string of the molecule is CCC(NC(=O)c1cc(Br)ccc1F)C(C)C. The van der Waals surface area contributed by atoms with Gasteiger partial charge in [-0.25, -0.2) is 4.39 Å². The molecular weight excluding hydrogens is 285 g/mol. The van der Waals surface area contributed by atoms with Crippen LogP contribution in [0, 0.1) is 11.7 Å². The first-order valence-corrected chi connectivity index (χ1v) is 6.51. The predicted molar refractivity (Wildman–Crippen MR) is 70.5 cm³/mol. The van der Waals surface area contributed by atoms with E-state index in [4.69, 9.17) is 0 Å². The highest BCUT2D eigenvalue weighted by Crippen LogP contribution is 2.16. The van der Waals surface area contributed by atoms with Gasteiger partial charge in [0.25, 0.3) is 5.91 Å². The van der Waals surface area contributed by atoms with Gasteiger partial charge in [0, 0.05) is 10.5 Å². The molecule has 0 radical (unpaired) electrons. The highest BCUT2D eigenvalue weighted by Gasteiger charge is 2.17. The van der Waals surface area contributed by atoms with Gasteiger partial charge in [0.05, 0.1) is 5.56 Å². The number of nitrogens with one attached hydrogen (secondary N) is 1. The van der Waals surface area contributed by atoms with Crippen LogP contribution in [0.4, 0.5) is 4.39 Å². The van der Waals surface area contributed by atoms with Crippen LogP contribution in [0.2, 0.25) is 0 Å². The van der Waals surface area contributed by atoms with E-state index in [0.717, 1.165) is 6.42 Å². The molecule has 0 fully saturated rings. The molecule has 1 aromatic rings. The molecule has 0 aromatic heterocycles. The molecule has 94 valence electrons. The number of carbonyl (C=O) groups excluding carboxylic acids is 1. The van der Waals surface area contributed by atoms with Crippen molar-refractivity contribution in [2.75, 3.05) is 0 Å². The molecule has 1 N–H and O–H groups in total. The standard InChI is InChI=1S/C13H17BrFNO/c1-4-12(8(2)3)16-13(17)10-7-9(14)5-6-11(10)15/h5-8,12H,4H2,1-3H3,(H,16,17). The summed E-state index contributed by atoms with van der Waals surface area (Å²) in [5.41, 5.74) is 0.0819. The van der Waals surface area contributed by atoms with E-state index in [-0.39, 0.29) is 17.5 Å². The Hall–Kier alpha value is -0.900. The van der Waals surface area contributed by atoms with Crippen molar-refractivity contribution in [2.45, 2.75) is 33.2 Å². The zero-order valence-corrected chi connectivity index (χ0v) is 11.8. The van der Waals surface area contributed by atoms with Crippen molar-refractivity contribution in [3.8, 4) is 0 Å². The summed E-state index contributed by atoms with van der Waals surface area (Å²) in [4.78, 5) is 11.9. The first-order chi connectivity index (χ1) is 7.95. The third kappa shape index (κ3) is 3.80. The van der Waals surface area contributed by atoms with Gasteiger partial charge in [0.15, 0.2) is 0 Å². The summed E-state index contributed by atoms with van der Waals surface area (Å²) >= 11 is 3.23. The fraction of sp³-hybridized carbons (Fsp3) is 0.462. The molecule has 0 saturated carbocycles. The van der Waals surface area contributed by atoms with Gasteiger partial charge in [-0.05, 0) is 30.5 Å². The molecule has 0 aliphatic heterocycles. The Labute approximate surface area is 110 Å². The average molecular weight is 302 g/mol. The minimum atomic E-state index is -0.496. The normalized spacial score (nSPS) is 12.6. The summed E-state index contributed by atoms with van der Waals surface area (Å²) in [6.45, 7) is 6.07. The highest BCUT2D eigenvalue weighted by molar-refractivity contribution is 9.10. The molecule has 4 heteroatoms.